The van der Waals surface area contributed by atoms with Crippen molar-refractivity contribution in [2.24, 2.45) is 0 Å². The third kappa shape index (κ3) is 3.94. The second-order valence-corrected chi connectivity index (χ2v) is 8.09. The number of aryl methyl sites for hydroxylation is 1. The monoisotopic (exact) mass is 420 g/mol. The first-order valence-electron chi connectivity index (χ1n) is 9.68. The Balaban J connectivity index is 1.26. The summed E-state index contributed by atoms with van der Waals surface area (Å²) in [6.45, 7) is 1.95. The van der Waals surface area contributed by atoms with Crippen LogP contribution >= 0.6 is 11.8 Å². The molecule has 5 rings (SSSR count). The maximum Gasteiger partial charge on any atom is 0.256 e. The van der Waals surface area contributed by atoms with Gasteiger partial charge in [0.25, 0.3) is 5.22 Å². The first kappa shape index (κ1) is 18.8. The predicted octanol–water partition coefficient (Wildman–Crippen LogP) is 3.05. The van der Waals surface area contributed by atoms with Crippen LogP contribution in [-0.2, 0) is 4.79 Å². The molecule has 2 aromatic heterocycles. The first-order chi connectivity index (χ1) is 14.6. The molecule has 1 saturated heterocycles. The van der Waals surface area contributed by atoms with E-state index in [1.165, 1.54) is 11.8 Å². The summed E-state index contributed by atoms with van der Waals surface area (Å²) in [4.78, 5) is 25.8. The summed E-state index contributed by atoms with van der Waals surface area (Å²) in [5.41, 5.74) is 3.33. The SMILES string of the molecule is Cc1nc(NC2NC(=O)CC(CSc3nc4ccccc4o3)N2)nc2ccccc12. The zero-order valence-electron chi connectivity index (χ0n) is 16.3. The van der Waals surface area contributed by atoms with Crippen LogP contribution in [-0.4, -0.2) is 38.9 Å². The van der Waals surface area contributed by atoms with Gasteiger partial charge < -0.3 is 15.1 Å². The van der Waals surface area contributed by atoms with Crippen LogP contribution in [0.3, 0.4) is 0 Å². The van der Waals surface area contributed by atoms with E-state index in [1.807, 2.05) is 55.5 Å². The minimum absolute atomic E-state index is 0.0353. The largest absolute Gasteiger partial charge is 0.431 e. The van der Waals surface area contributed by atoms with Crippen molar-refractivity contribution >= 4 is 45.6 Å². The van der Waals surface area contributed by atoms with Gasteiger partial charge in [-0.25, -0.2) is 15.0 Å². The van der Waals surface area contributed by atoms with Gasteiger partial charge in [-0.15, -0.1) is 0 Å². The summed E-state index contributed by atoms with van der Waals surface area (Å²) in [6.07, 6.45) is -0.0794. The number of carbonyl (C=O) groups is 1. The number of thioether (sulfide) groups is 1. The standard InChI is InChI=1S/C21H20N6O2S/c1-12-14-6-2-3-7-15(14)24-19(22-12)27-20-23-13(10-18(28)26-20)11-30-21-25-16-8-4-5-9-17(16)29-21/h2-9,13,20,23H,10-11H2,1H3,(H,26,28)(H,22,24,27). The highest BCUT2D eigenvalue weighted by molar-refractivity contribution is 7.99. The van der Waals surface area contributed by atoms with E-state index in [4.69, 9.17) is 4.42 Å². The van der Waals surface area contributed by atoms with Crippen LogP contribution < -0.4 is 16.0 Å². The third-order valence-electron chi connectivity index (χ3n) is 4.89. The van der Waals surface area contributed by atoms with Crippen molar-refractivity contribution in [2.75, 3.05) is 11.1 Å². The van der Waals surface area contributed by atoms with Crippen molar-refractivity contribution in [3.05, 3.63) is 54.2 Å². The number of anilines is 1. The van der Waals surface area contributed by atoms with Gasteiger partial charge >= 0.3 is 0 Å². The Kier molecular flexibility index (Phi) is 4.97. The molecule has 30 heavy (non-hydrogen) atoms. The number of aromatic nitrogens is 3. The Bertz CT molecular complexity index is 1190. The van der Waals surface area contributed by atoms with Crippen molar-refractivity contribution < 1.29 is 9.21 Å². The molecule has 0 saturated carbocycles. The normalized spacial score (nSPS) is 19.2. The van der Waals surface area contributed by atoms with Crippen LogP contribution in [0.4, 0.5) is 5.95 Å². The van der Waals surface area contributed by atoms with Gasteiger partial charge in [-0.1, -0.05) is 42.1 Å². The zero-order valence-corrected chi connectivity index (χ0v) is 17.1. The molecule has 0 spiro atoms. The number of carbonyl (C=O) groups excluding carboxylic acids is 1. The van der Waals surface area contributed by atoms with Gasteiger partial charge in [0.15, 0.2) is 11.9 Å². The summed E-state index contributed by atoms with van der Waals surface area (Å²) < 4.78 is 5.75. The maximum atomic E-state index is 12.2. The molecule has 1 amide bonds. The van der Waals surface area contributed by atoms with Crippen molar-refractivity contribution in [3.8, 4) is 0 Å². The molecule has 1 aliphatic heterocycles. The second-order valence-electron chi connectivity index (χ2n) is 7.12. The van der Waals surface area contributed by atoms with Crippen LogP contribution in [0.1, 0.15) is 12.1 Å². The number of hydrogen-bond acceptors (Lipinski definition) is 8. The van der Waals surface area contributed by atoms with Gasteiger partial charge in [0.1, 0.15) is 5.52 Å². The Labute approximate surface area is 176 Å². The molecule has 2 atom stereocenters. The molecule has 4 aromatic rings. The lowest BCUT2D eigenvalue weighted by atomic mass is 10.2. The smallest absolute Gasteiger partial charge is 0.256 e. The summed E-state index contributed by atoms with van der Waals surface area (Å²) in [5, 5.41) is 11.1. The lowest BCUT2D eigenvalue weighted by Crippen LogP contribution is -2.60. The number of para-hydroxylation sites is 3. The second kappa shape index (κ2) is 7.92. The van der Waals surface area contributed by atoms with Crippen LogP contribution in [0.5, 0.6) is 0 Å². The summed E-state index contributed by atoms with van der Waals surface area (Å²) >= 11 is 1.49. The zero-order chi connectivity index (χ0) is 20.5. The predicted molar refractivity (Wildman–Crippen MR) is 116 cm³/mol. The van der Waals surface area contributed by atoms with Gasteiger partial charge in [-0.3, -0.25) is 10.1 Å². The van der Waals surface area contributed by atoms with Crippen LogP contribution in [0.15, 0.2) is 58.2 Å². The number of benzene rings is 2. The van der Waals surface area contributed by atoms with Crippen LogP contribution in [0.25, 0.3) is 22.0 Å². The van der Waals surface area contributed by atoms with Crippen LogP contribution in [0, 0.1) is 6.92 Å². The Morgan fingerprint density at radius 1 is 1.10 bits per heavy atom. The summed E-state index contributed by atoms with van der Waals surface area (Å²) in [5.74, 6) is 1.08. The van der Waals surface area contributed by atoms with Gasteiger partial charge in [0.05, 0.1) is 11.2 Å². The summed E-state index contributed by atoms with van der Waals surface area (Å²) in [7, 11) is 0. The number of nitrogens with one attached hydrogen (secondary N) is 3. The van der Waals surface area contributed by atoms with Gasteiger partial charge in [-0.05, 0) is 25.1 Å². The van der Waals surface area contributed by atoms with Gasteiger partial charge in [0, 0.05) is 23.6 Å². The number of nitrogens with zero attached hydrogens (tertiary/aromatic N) is 3. The van der Waals surface area contributed by atoms with E-state index in [9.17, 15) is 4.79 Å². The molecular formula is C21H20N6O2S. The molecule has 152 valence electrons. The minimum atomic E-state index is -0.457. The number of oxazole rings is 1. The molecule has 8 nitrogen and oxygen atoms in total. The molecule has 1 aliphatic rings. The highest BCUT2D eigenvalue weighted by atomic mass is 32.2. The van der Waals surface area contributed by atoms with E-state index in [0.717, 1.165) is 27.7 Å². The molecule has 0 bridgehead atoms. The maximum absolute atomic E-state index is 12.2. The molecule has 0 radical (unpaired) electrons. The van der Waals surface area contributed by atoms with E-state index >= 15 is 0 Å². The van der Waals surface area contributed by atoms with Crippen molar-refractivity contribution in [3.63, 3.8) is 0 Å². The van der Waals surface area contributed by atoms with E-state index in [0.29, 0.717) is 23.3 Å². The number of fused-ring (bicyclic) bond motifs is 2. The lowest BCUT2D eigenvalue weighted by Gasteiger charge is -2.31. The fourth-order valence-electron chi connectivity index (χ4n) is 3.48. The fraction of sp³-hybridized carbons (Fsp3) is 0.238. The Morgan fingerprint density at radius 3 is 2.77 bits per heavy atom. The topological polar surface area (TPSA) is 105 Å². The summed E-state index contributed by atoms with van der Waals surface area (Å²) in [6, 6.07) is 15.5. The minimum Gasteiger partial charge on any atom is -0.431 e. The number of amides is 1. The highest BCUT2D eigenvalue weighted by Crippen LogP contribution is 2.24. The fourth-order valence-corrected chi connectivity index (χ4v) is 4.35. The van der Waals surface area contributed by atoms with Gasteiger partial charge in [-0.2, -0.15) is 0 Å². The van der Waals surface area contributed by atoms with E-state index in [-0.39, 0.29) is 11.9 Å². The molecule has 9 heteroatoms. The first-order valence-corrected chi connectivity index (χ1v) is 10.7. The van der Waals surface area contributed by atoms with Crippen molar-refractivity contribution in [1.29, 1.82) is 0 Å². The van der Waals surface area contributed by atoms with Crippen molar-refractivity contribution in [2.45, 2.75) is 30.9 Å². The molecule has 3 N–H and O–H groups in total. The molecule has 1 fully saturated rings. The van der Waals surface area contributed by atoms with Crippen molar-refractivity contribution in [1.82, 2.24) is 25.6 Å². The molecule has 2 aromatic carbocycles. The molecule has 2 unspecified atom stereocenters. The molecular weight excluding hydrogens is 400 g/mol. The van der Waals surface area contributed by atoms with E-state index < -0.39 is 6.29 Å². The van der Waals surface area contributed by atoms with Gasteiger partial charge in [0.2, 0.25) is 11.9 Å². The molecule has 0 aliphatic carbocycles. The van der Waals surface area contributed by atoms with Crippen LogP contribution in [0.2, 0.25) is 0 Å². The Hall–Kier alpha value is -3.17. The Morgan fingerprint density at radius 2 is 1.90 bits per heavy atom. The third-order valence-corrected chi connectivity index (χ3v) is 5.88. The quantitative estimate of drug-likeness (QED) is 0.423. The average Bonchev–Trinajstić information content (AvgIpc) is 3.15. The van der Waals surface area contributed by atoms with E-state index in [1.54, 1.807) is 0 Å². The molecule has 3 heterocycles. The number of hydrogen-bond donors (Lipinski definition) is 3. The highest BCUT2D eigenvalue weighted by Gasteiger charge is 2.27. The lowest BCUT2D eigenvalue weighted by molar-refractivity contribution is -0.123. The number of rotatable bonds is 5. The van der Waals surface area contributed by atoms with E-state index in [2.05, 4.69) is 30.9 Å². The average molecular weight is 420 g/mol.